The summed E-state index contributed by atoms with van der Waals surface area (Å²) < 4.78 is 68.3. The van der Waals surface area contributed by atoms with Crippen molar-refractivity contribution in [3.8, 4) is 0 Å². The van der Waals surface area contributed by atoms with Crippen molar-refractivity contribution in [2.45, 2.75) is 369 Å². The highest BCUT2D eigenvalue weighted by Gasteiger charge is 2.30. The van der Waals surface area contributed by atoms with E-state index in [9.17, 15) is 43.2 Å². The van der Waals surface area contributed by atoms with Crippen molar-refractivity contribution in [1.82, 2.24) is 0 Å². The number of phosphoric acid groups is 2. The van der Waals surface area contributed by atoms with E-state index in [4.69, 9.17) is 37.0 Å². The standard InChI is InChI=1S/C71H138O17P2/c1-9-64(8)50-42-34-28-30-38-46-54-71(76)88-67(57-81-68(73)51-43-35-25-21-17-12-10-11-15-19-23-31-39-47-61(2)3)60-86-90(79,80)84-56-65(72)55-83-89(77,78)85-59-66(58-82-69(74)52-44-36-29-27-33-41-49-63(6)7)87-70(75)53-45-37-26-22-18-14-13-16-20-24-32-40-48-62(4)5/h61-67,72H,9-60H2,1-8H3,(H,77,78)(H,79,80)/t64?,65-,66+,67+/m0/s1. The van der Waals surface area contributed by atoms with Crippen LogP contribution in [-0.2, 0) is 65.4 Å². The molecule has 19 heteroatoms. The Kier molecular flexibility index (Phi) is 59.4. The second-order valence-corrected chi connectivity index (χ2v) is 30.2. The number of esters is 4. The Bertz CT molecular complexity index is 1780. The fraction of sp³-hybridized carbons (Fsp3) is 0.944. The molecule has 6 atom stereocenters. The molecule has 0 fully saturated rings. The van der Waals surface area contributed by atoms with Crippen LogP contribution in [0.15, 0.2) is 0 Å². The molecule has 534 valence electrons. The van der Waals surface area contributed by atoms with Crippen molar-refractivity contribution >= 4 is 39.5 Å². The average Bonchev–Trinajstić information content (AvgIpc) is 3.38. The second kappa shape index (κ2) is 60.7. The highest BCUT2D eigenvalue weighted by molar-refractivity contribution is 7.47. The zero-order valence-corrected chi connectivity index (χ0v) is 60.6. The Morgan fingerprint density at radius 1 is 0.311 bits per heavy atom. The zero-order valence-electron chi connectivity index (χ0n) is 58.8. The molecule has 0 radical (unpaired) electrons. The molecule has 0 spiro atoms. The van der Waals surface area contributed by atoms with E-state index in [1.807, 2.05) is 0 Å². The van der Waals surface area contributed by atoms with Gasteiger partial charge in [-0.1, -0.05) is 299 Å². The van der Waals surface area contributed by atoms with Gasteiger partial charge in [-0.25, -0.2) is 9.13 Å². The van der Waals surface area contributed by atoms with Gasteiger partial charge in [0.25, 0.3) is 0 Å². The maximum atomic E-state index is 13.0. The summed E-state index contributed by atoms with van der Waals surface area (Å²) in [6.45, 7) is 14.1. The lowest BCUT2D eigenvalue weighted by atomic mass is 10.00. The van der Waals surface area contributed by atoms with Crippen LogP contribution in [0.4, 0.5) is 0 Å². The molecule has 0 saturated heterocycles. The number of ether oxygens (including phenoxy) is 4. The molecule has 0 aliphatic rings. The molecule has 0 aliphatic carbocycles. The molecule has 0 aromatic heterocycles. The fourth-order valence-electron chi connectivity index (χ4n) is 10.6. The number of aliphatic hydroxyl groups is 1. The molecule has 0 aromatic carbocycles. The van der Waals surface area contributed by atoms with Gasteiger partial charge in [0.05, 0.1) is 26.4 Å². The van der Waals surface area contributed by atoms with Crippen molar-refractivity contribution in [3.63, 3.8) is 0 Å². The molecular weight excluding hydrogens is 1190 g/mol. The van der Waals surface area contributed by atoms with Gasteiger partial charge in [-0.15, -0.1) is 0 Å². The summed E-state index contributed by atoms with van der Waals surface area (Å²) in [5, 5.41) is 10.6. The van der Waals surface area contributed by atoms with Gasteiger partial charge in [0.15, 0.2) is 12.2 Å². The Labute approximate surface area is 549 Å². The first-order valence-corrected chi connectivity index (χ1v) is 39.7. The molecule has 0 amide bonds. The summed E-state index contributed by atoms with van der Waals surface area (Å²) in [5.41, 5.74) is 0. The Hall–Kier alpha value is -1.94. The first kappa shape index (κ1) is 88.1. The number of carbonyl (C=O) groups excluding carboxylic acids is 4. The predicted octanol–water partition coefficient (Wildman–Crippen LogP) is 20.1. The Morgan fingerprint density at radius 3 is 0.789 bits per heavy atom. The van der Waals surface area contributed by atoms with E-state index in [1.54, 1.807) is 0 Å². The van der Waals surface area contributed by atoms with E-state index in [2.05, 4.69) is 55.4 Å². The minimum absolute atomic E-state index is 0.103. The molecule has 0 rings (SSSR count). The van der Waals surface area contributed by atoms with Crippen LogP contribution in [0.2, 0.25) is 0 Å². The lowest BCUT2D eigenvalue weighted by molar-refractivity contribution is -0.161. The number of phosphoric ester groups is 2. The predicted molar refractivity (Wildman–Crippen MR) is 363 cm³/mol. The number of rotatable bonds is 68. The summed E-state index contributed by atoms with van der Waals surface area (Å²) in [6.07, 6.45) is 43.3. The zero-order chi connectivity index (χ0) is 66.8. The maximum Gasteiger partial charge on any atom is 0.472 e. The molecule has 17 nitrogen and oxygen atoms in total. The van der Waals surface area contributed by atoms with Crippen LogP contribution < -0.4 is 0 Å². The SMILES string of the molecule is CCC(C)CCCCCCCCC(=O)O[C@H](COC(=O)CCCCCCCCCCCCCCCC(C)C)COP(=O)(O)OC[C@@H](O)COP(=O)(O)OC[C@@H](COC(=O)CCCCCCCCC(C)C)OC(=O)CCCCCCCCCCCCCCC(C)C. The summed E-state index contributed by atoms with van der Waals surface area (Å²) >= 11 is 0. The number of aliphatic hydroxyl groups excluding tert-OH is 1. The third-order valence-electron chi connectivity index (χ3n) is 16.7. The van der Waals surface area contributed by atoms with Gasteiger partial charge in [-0.2, -0.15) is 0 Å². The third kappa shape index (κ3) is 63.5. The molecule has 0 heterocycles. The molecule has 0 aliphatic heterocycles. The smallest absolute Gasteiger partial charge is 0.462 e. The monoisotopic (exact) mass is 1320 g/mol. The summed E-state index contributed by atoms with van der Waals surface area (Å²) in [7, 11) is -9.90. The highest BCUT2D eigenvalue weighted by Crippen LogP contribution is 2.45. The van der Waals surface area contributed by atoms with Crippen LogP contribution in [0.1, 0.15) is 351 Å². The molecule has 3 N–H and O–H groups in total. The molecule has 3 unspecified atom stereocenters. The van der Waals surface area contributed by atoms with Gasteiger partial charge >= 0.3 is 39.5 Å². The minimum atomic E-state index is -4.95. The summed E-state index contributed by atoms with van der Waals surface area (Å²) in [6, 6.07) is 0. The van der Waals surface area contributed by atoms with E-state index < -0.39 is 97.5 Å². The third-order valence-corrected chi connectivity index (χ3v) is 18.6. The van der Waals surface area contributed by atoms with E-state index in [0.717, 1.165) is 114 Å². The van der Waals surface area contributed by atoms with Crippen molar-refractivity contribution < 1.29 is 80.2 Å². The van der Waals surface area contributed by atoms with Gasteiger partial charge in [0.2, 0.25) is 0 Å². The number of unbranched alkanes of at least 4 members (excludes halogenated alkanes) is 33. The number of hydrogen-bond acceptors (Lipinski definition) is 15. The fourth-order valence-corrected chi connectivity index (χ4v) is 12.2. The van der Waals surface area contributed by atoms with Crippen LogP contribution in [0.25, 0.3) is 0 Å². The van der Waals surface area contributed by atoms with Gasteiger partial charge < -0.3 is 33.8 Å². The molecule has 0 saturated carbocycles. The topological polar surface area (TPSA) is 237 Å². The van der Waals surface area contributed by atoms with Crippen LogP contribution >= 0.6 is 15.6 Å². The van der Waals surface area contributed by atoms with E-state index >= 15 is 0 Å². The van der Waals surface area contributed by atoms with E-state index in [0.29, 0.717) is 31.6 Å². The number of carbonyl (C=O) groups is 4. The highest BCUT2D eigenvalue weighted by atomic mass is 31.2. The first-order chi connectivity index (χ1) is 43.1. The van der Waals surface area contributed by atoms with Crippen molar-refractivity contribution in [1.29, 1.82) is 0 Å². The lowest BCUT2D eigenvalue weighted by Gasteiger charge is -2.21. The first-order valence-electron chi connectivity index (χ1n) is 36.7. The van der Waals surface area contributed by atoms with Gasteiger partial charge in [0, 0.05) is 25.7 Å². The van der Waals surface area contributed by atoms with Gasteiger partial charge in [-0.05, 0) is 49.4 Å². The molecule has 0 bridgehead atoms. The number of hydrogen-bond donors (Lipinski definition) is 3. The largest absolute Gasteiger partial charge is 0.472 e. The van der Waals surface area contributed by atoms with Gasteiger partial charge in [0.1, 0.15) is 19.3 Å². The Balaban J connectivity index is 5.21. The quantitative estimate of drug-likeness (QED) is 0.0222. The molecule has 0 aromatic rings. The van der Waals surface area contributed by atoms with Crippen molar-refractivity contribution in [3.05, 3.63) is 0 Å². The molecular formula is C71H138O17P2. The summed E-state index contributed by atoms with van der Waals surface area (Å²) in [4.78, 5) is 72.5. The van der Waals surface area contributed by atoms with Crippen LogP contribution in [0.3, 0.4) is 0 Å². The Morgan fingerprint density at radius 2 is 0.533 bits per heavy atom. The van der Waals surface area contributed by atoms with E-state index in [-0.39, 0.29) is 25.7 Å². The van der Waals surface area contributed by atoms with Crippen LogP contribution in [0, 0.1) is 23.7 Å². The lowest BCUT2D eigenvalue weighted by Crippen LogP contribution is -2.30. The van der Waals surface area contributed by atoms with Crippen LogP contribution in [0.5, 0.6) is 0 Å². The second-order valence-electron chi connectivity index (χ2n) is 27.3. The average molecular weight is 1330 g/mol. The normalized spacial score (nSPS) is 14.6. The van der Waals surface area contributed by atoms with Crippen molar-refractivity contribution in [2.75, 3.05) is 39.6 Å². The molecule has 90 heavy (non-hydrogen) atoms. The van der Waals surface area contributed by atoms with Crippen LogP contribution in [-0.4, -0.2) is 96.7 Å². The minimum Gasteiger partial charge on any atom is -0.462 e. The van der Waals surface area contributed by atoms with E-state index in [1.165, 1.54) is 148 Å². The maximum absolute atomic E-state index is 13.0. The van der Waals surface area contributed by atoms with Crippen molar-refractivity contribution in [2.24, 2.45) is 23.7 Å². The summed E-state index contributed by atoms with van der Waals surface area (Å²) in [5.74, 6) is 0.835. The van der Waals surface area contributed by atoms with Gasteiger partial charge in [-0.3, -0.25) is 37.3 Å².